The van der Waals surface area contributed by atoms with Gasteiger partial charge in [0.05, 0.1) is 15.9 Å². The van der Waals surface area contributed by atoms with Crippen molar-refractivity contribution in [3.63, 3.8) is 0 Å². The van der Waals surface area contributed by atoms with Crippen LogP contribution in [0, 0.1) is 16.0 Å². The number of carbonyl (C=O) groups excluding carboxylic acids is 2. The summed E-state index contributed by atoms with van der Waals surface area (Å²) in [5, 5.41) is 20.2. The number of hydrogen-bond donors (Lipinski definition) is 2. The van der Waals surface area contributed by atoms with Crippen LogP contribution in [0.25, 0.3) is 0 Å². The Hall–Kier alpha value is -3.97. The Kier molecular flexibility index (Phi) is 6.10. The maximum atomic E-state index is 13.4. The molecule has 2 amide bonds. The number of aliphatic carboxylic acids is 1. The Balaban J connectivity index is 1.64. The molecule has 0 saturated carbocycles. The minimum Gasteiger partial charge on any atom is -0.489 e. The Morgan fingerprint density at radius 1 is 1.14 bits per heavy atom. The van der Waals surface area contributed by atoms with Crippen molar-refractivity contribution < 1.29 is 29.2 Å². The van der Waals surface area contributed by atoms with Crippen LogP contribution in [0.1, 0.15) is 21.9 Å². The van der Waals surface area contributed by atoms with Crippen molar-refractivity contribution in [3.8, 4) is 5.75 Å². The zero-order chi connectivity index (χ0) is 25.6. The number of amides is 2. The molecule has 2 aromatic carbocycles. The smallest absolute Gasteiger partial charge is 0.323 e. The molecule has 5 rings (SSSR count). The predicted molar refractivity (Wildman–Crippen MR) is 128 cm³/mol. The number of nitro benzene ring substituents is 1. The van der Waals surface area contributed by atoms with Gasteiger partial charge in [0.2, 0.25) is 11.8 Å². The molecule has 0 spiro atoms. The molecule has 3 heterocycles. The van der Waals surface area contributed by atoms with Crippen LogP contribution in [0.2, 0.25) is 0 Å². The number of carboxylic acids is 1. The molecular formula is C23H17N3O8S2. The third-order valence-electron chi connectivity index (χ3n) is 5.99. The van der Waals surface area contributed by atoms with Crippen molar-refractivity contribution in [2.45, 2.75) is 22.8 Å². The summed E-state index contributed by atoms with van der Waals surface area (Å²) in [6, 6.07) is 13.2. The van der Waals surface area contributed by atoms with Gasteiger partial charge in [0.25, 0.3) is 5.69 Å². The van der Waals surface area contributed by atoms with E-state index >= 15 is 0 Å². The van der Waals surface area contributed by atoms with Crippen molar-refractivity contribution in [2.75, 3.05) is 6.54 Å². The number of aromatic amines is 1. The van der Waals surface area contributed by atoms with Gasteiger partial charge in [-0.15, -0.1) is 0 Å². The number of benzene rings is 2. The standard InChI is InChI=1S/C23H17N3O8S2/c27-15(28)9-25-21(29)17-16(18-20(24-23(31)36-18)35-19(17)22(25)30)13-8-12(26(32)33)6-7-14(13)34-10-11-4-2-1-3-5-11/h1-8,16-17,19H,9-10H2,(H,24,31)(H,27,28)/t16-,17?,19?/m1/s1. The third kappa shape index (κ3) is 4.16. The Morgan fingerprint density at radius 2 is 1.89 bits per heavy atom. The zero-order valence-corrected chi connectivity index (χ0v) is 19.9. The van der Waals surface area contributed by atoms with Gasteiger partial charge < -0.3 is 14.8 Å². The molecule has 1 aromatic heterocycles. The van der Waals surface area contributed by atoms with Crippen LogP contribution in [-0.2, 0) is 21.0 Å². The number of non-ortho nitro benzene ring substituents is 1. The molecule has 2 unspecified atom stereocenters. The number of thiazole rings is 1. The summed E-state index contributed by atoms with van der Waals surface area (Å²) in [6.07, 6.45) is 0. The Bertz CT molecular complexity index is 1450. The summed E-state index contributed by atoms with van der Waals surface area (Å²) >= 11 is 1.83. The highest BCUT2D eigenvalue weighted by atomic mass is 32.2. The van der Waals surface area contributed by atoms with Gasteiger partial charge in [-0.1, -0.05) is 53.4 Å². The first-order valence-corrected chi connectivity index (χ1v) is 12.4. The van der Waals surface area contributed by atoms with Crippen LogP contribution >= 0.6 is 23.1 Å². The number of fused-ring (bicyclic) bond motifs is 2. The van der Waals surface area contributed by atoms with E-state index in [0.717, 1.165) is 28.7 Å². The molecule has 2 aliphatic heterocycles. The lowest BCUT2D eigenvalue weighted by atomic mass is 9.82. The largest absolute Gasteiger partial charge is 0.489 e. The monoisotopic (exact) mass is 527 g/mol. The van der Waals surface area contributed by atoms with Crippen molar-refractivity contribution in [1.82, 2.24) is 9.88 Å². The van der Waals surface area contributed by atoms with E-state index in [9.17, 15) is 34.4 Å². The highest BCUT2D eigenvalue weighted by Crippen LogP contribution is 2.54. The Morgan fingerprint density at radius 3 is 2.58 bits per heavy atom. The average Bonchev–Trinajstić information content (AvgIpc) is 3.33. The van der Waals surface area contributed by atoms with Crippen LogP contribution in [-0.4, -0.2) is 49.5 Å². The van der Waals surface area contributed by atoms with Gasteiger partial charge in [0.15, 0.2) is 0 Å². The maximum absolute atomic E-state index is 13.4. The summed E-state index contributed by atoms with van der Waals surface area (Å²) in [4.78, 5) is 64.4. The van der Waals surface area contributed by atoms with Gasteiger partial charge in [-0.3, -0.25) is 34.2 Å². The molecule has 2 aliphatic rings. The van der Waals surface area contributed by atoms with E-state index in [4.69, 9.17) is 4.74 Å². The van der Waals surface area contributed by atoms with Crippen LogP contribution in [0.15, 0.2) is 58.4 Å². The van der Waals surface area contributed by atoms with Gasteiger partial charge in [0.1, 0.15) is 24.2 Å². The molecule has 36 heavy (non-hydrogen) atoms. The van der Waals surface area contributed by atoms with E-state index in [0.29, 0.717) is 14.8 Å². The number of nitro groups is 1. The van der Waals surface area contributed by atoms with Gasteiger partial charge in [-0.2, -0.15) is 0 Å². The number of carbonyl (C=O) groups is 3. The summed E-state index contributed by atoms with van der Waals surface area (Å²) in [5.41, 5.74) is 0.853. The lowest BCUT2D eigenvalue weighted by Crippen LogP contribution is -2.36. The fourth-order valence-electron chi connectivity index (χ4n) is 4.46. The number of aromatic nitrogens is 1. The van der Waals surface area contributed by atoms with E-state index in [1.165, 1.54) is 18.2 Å². The number of rotatable bonds is 7. The number of hydrogen-bond acceptors (Lipinski definition) is 9. The van der Waals surface area contributed by atoms with Crippen LogP contribution < -0.4 is 9.61 Å². The number of imide groups is 1. The summed E-state index contributed by atoms with van der Waals surface area (Å²) in [6.45, 7) is -0.663. The highest BCUT2D eigenvalue weighted by molar-refractivity contribution is 8.00. The fourth-order valence-corrected chi connectivity index (χ4v) is 6.99. The molecule has 13 heteroatoms. The minimum atomic E-state index is -1.35. The number of ether oxygens (including phenoxy) is 1. The van der Waals surface area contributed by atoms with E-state index in [-0.39, 0.29) is 23.6 Å². The number of carboxylic acid groups (broad SMARTS) is 1. The molecule has 0 bridgehead atoms. The molecular weight excluding hydrogens is 510 g/mol. The van der Waals surface area contributed by atoms with Crippen molar-refractivity contribution >= 4 is 46.6 Å². The van der Waals surface area contributed by atoms with Gasteiger partial charge in [-0.05, 0) is 11.6 Å². The number of H-pyrrole nitrogens is 1. The molecule has 3 atom stereocenters. The summed E-state index contributed by atoms with van der Waals surface area (Å²) in [5.74, 6) is -4.49. The molecule has 1 fully saturated rings. The first-order valence-electron chi connectivity index (χ1n) is 10.7. The first kappa shape index (κ1) is 23.8. The van der Waals surface area contributed by atoms with Crippen LogP contribution in [0.3, 0.4) is 0 Å². The lowest BCUT2D eigenvalue weighted by Gasteiger charge is -2.30. The zero-order valence-electron chi connectivity index (χ0n) is 18.3. The van der Waals surface area contributed by atoms with Crippen molar-refractivity contribution in [3.05, 3.63) is 84.3 Å². The normalized spacial score (nSPS) is 20.7. The second-order valence-electron chi connectivity index (χ2n) is 8.16. The highest BCUT2D eigenvalue weighted by Gasteiger charge is 2.56. The maximum Gasteiger partial charge on any atom is 0.323 e. The summed E-state index contributed by atoms with van der Waals surface area (Å²) in [7, 11) is 0. The lowest BCUT2D eigenvalue weighted by molar-refractivity contribution is -0.385. The summed E-state index contributed by atoms with van der Waals surface area (Å²) < 4.78 is 6.02. The second kappa shape index (κ2) is 9.24. The van der Waals surface area contributed by atoms with Gasteiger partial charge in [0, 0.05) is 28.5 Å². The average molecular weight is 528 g/mol. The topological polar surface area (TPSA) is 160 Å². The minimum absolute atomic E-state index is 0.134. The number of thioether (sulfide) groups is 1. The van der Waals surface area contributed by atoms with E-state index in [1.807, 2.05) is 30.3 Å². The van der Waals surface area contributed by atoms with Crippen LogP contribution in [0.5, 0.6) is 5.75 Å². The fraction of sp³-hybridized carbons (Fsp3) is 0.217. The molecule has 184 valence electrons. The Labute approximate surface area is 210 Å². The molecule has 1 saturated heterocycles. The number of nitrogens with one attached hydrogen (secondary N) is 1. The second-order valence-corrected chi connectivity index (χ2v) is 10.3. The van der Waals surface area contributed by atoms with E-state index < -0.39 is 51.2 Å². The quantitative estimate of drug-likeness (QED) is 0.267. The van der Waals surface area contributed by atoms with Crippen LogP contribution in [0.4, 0.5) is 5.69 Å². The predicted octanol–water partition coefficient (Wildman–Crippen LogP) is 2.60. The molecule has 3 aromatic rings. The van der Waals surface area contributed by atoms with E-state index in [1.54, 1.807) is 0 Å². The SMILES string of the molecule is O=C(O)CN1C(=O)C2Sc3[nH]c(=O)sc3[C@H](c3cc([N+](=O)[O-])ccc3OCc3ccccc3)C2C1=O. The molecule has 11 nitrogen and oxygen atoms in total. The number of likely N-dealkylation sites (tertiary alicyclic amines) is 1. The first-order chi connectivity index (χ1) is 17.2. The van der Waals surface area contributed by atoms with Crippen molar-refractivity contribution in [2.24, 2.45) is 5.92 Å². The third-order valence-corrected chi connectivity index (χ3v) is 8.39. The van der Waals surface area contributed by atoms with Gasteiger partial charge >= 0.3 is 10.8 Å². The number of nitrogens with zero attached hydrogens (tertiary/aromatic N) is 2. The van der Waals surface area contributed by atoms with Gasteiger partial charge in [-0.25, -0.2) is 0 Å². The van der Waals surface area contributed by atoms with E-state index in [2.05, 4.69) is 4.98 Å². The molecule has 0 aliphatic carbocycles. The molecule has 2 N–H and O–H groups in total. The molecule has 0 radical (unpaired) electrons. The van der Waals surface area contributed by atoms with Crippen molar-refractivity contribution in [1.29, 1.82) is 0 Å².